The van der Waals surface area contributed by atoms with E-state index in [9.17, 15) is 0 Å². The van der Waals surface area contributed by atoms with Crippen LogP contribution in [0.5, 0.6) is 0 Å². The smallest absolute Gasteiger partial charge is 0.0548 e. The second-order valence-corrected chi connectivity index (χ2v) is 16.4. The van der Waals surface area contributed by atoms with Crippen molar-refractivity contribution in [3.63, 3.8) is 0 Å². The van der Waals surface area contributed by atoms with Crippen molar-refractivity contribution in [2.45, 2.75) is 44.9 Å². The second-order valence-electron chi connectivity index (χ2n) is 16.4. The third-order valence-corrected chi connectivity index (χ3v) is 13.7. The second kappa shape index (κ2) is 9.92. The Kier molecular flexibility index (Phi) is 5.52. The summed E-state index contributed by atoms with van der Waals surface area (Å²) in [5.74, 6) is 2.93. The van der Waals surface area contributed by atoms with Crippen LogP contribution in [-0.4, -0.2) is 9.13 Å². The number of fused-ring (bicyclic) bond motifs is 11. The van der Waals surface area contributed by atoms with Crippen molar-refractivity contribution >= 4 is 65.2 Å². The molecule has 1 spiro atoms. The Morgan fingerprint density at radius 1 is 0.471 bits per heavy atom. The van der Waals surface area contributed by atoms with Gasteiger partial charge in [0.25, 0.3) is 0 Å². The van der Waals surface area contributed by atoms with Gasteiger partial charge in [-0.15, -0.1) is 0 Å². The lowest BCUT2D eigenvalue weighted by molar-refractivity contribution is 0.0429. The molecule has 0 amide bonds. The highest BCUT2D eigenvalue weighted by Gasteiger charge is 2.56. The van der Waals surface area contributed by atoms with Crippen LogP contribution < -0.4 is 0 Å². The average Bonchev–Trinajstić information content (AvgIpc) is 3.77. The molecule has 5 unspecified atom stereocenters. The molecule has 3 aliphatic carbocycles. The Hall–Kier alpha value is -5.34. The van der Waals surface area contributed by atoms with E-state index >= 15 is 0 Å². The molecular formula is C49H40N2. The number of rotatable bonds is 2. The number of aromatic nitrogens is 2. The van der Waals surface area contributed by atoms with E-state index in [1.807, 2.05) is 0 Å². The minimum absolute atomic E-state index is 0.0533. The van der Waals surface area contributed by atoms with E-state index in [1.165, 1.54) is 102 Å². The lowest BCUT2D eigenvalue weighted by Gasteiger charge is -2.54. The maximum absolute atomic E-state index is 2.65. The summed E-state index contributed by atoms with van der Waals surface area (Å²) in [4.78, 5) is 0. The molecule has 2 aromatic heterocycles. The van der Waals surface area contributed by atoms with Gasteiger partial charge in [-0.2, -0.15) is 0 Å². The zero-order valence-corrected chi connectivity index (χ0v) is 29.2. The molecule has 2 heteroatoms. The topological polar surface area (TPSA) is 9.86 Å². The van der Waals surface area contributed by atoms with E-state index in [2.05, 4.69) is 156 Å². The van der Waals surface area contributed by atoms with Gasteiger partial charge in [-0.25, -0.2) is 0 Å². The van der Waals surface area contributed by atoms with Gasteiger partial charge in [0.2, 0.25) is 0 Å². The van der Waals surface area contributed by atoms with E-state index in [0.29, 0.717) is 11.8 Å². The number of hydrogen-bond acceptors (Lipinski definition) is 0. The summed E-state index contributed by atoms with van der Waals surface area (Å²) in [5.41, 5.74) is 10.8. The molecule has 0 aliphatic heterocycles. The standard InChI is InChI=1S/C49H40N2/c1-29-21-31-23-30(2)49(34(22-29)24-31)41-16-10-11-32-19-20-33-25-36(26-42(49)48(33)47(32)41)51-44-18-9-7-15-38(44)40-27-45-39(28-46(40)51)37-14-6-8-17-43(37)50(45)35-12-4-3-5-13-35/h3-20,25-31,34H,21-24H2,1-2H3. The quantitative estimate of drug-likeness (QED) is 0.164. The van der Waals surface area contributed by atoms with Gasteiger partial charge in [0.1, 0.15) is 0 Å². The average molecular weight is 657 g/mol. The summed E-state index contributed by atoms with van der Waals surface area (Å²) in [5, 5.41) is 11.0. The molecule has 2 nitrogen and oxygen atoms in total. The van der Waals surface area contributed by atoms with Crippen LogP contribution in [0.1, 0.15) is 50.7 Å². The van der Waals surface area contributed by atoms with Gasteiger partial charge in [-0.3, -0.25) is 0 Å². The van der Waals surface area contributed by atoms with Crippen LogP contribution in [0, 0.1) is 23.7 Å². The molecule has 3 aliphatic rings. The fourth-order valence-electron chi connectivity index (χ4n) is 12.1. The SMILES string of the molecule is CC1CC2CC(C)C3(c4cccc5ccc6cc(-n7c8ccccc8c8cc9c(cc87)c7ccccc7n9-c7ccccc7)cc3c6c45)C(C1)C2. The first-order chi connectivity index (χ1) is 25.1. The molecule has 0 N–H and O–H groups in total. The predicted octanol–water partition coefficient (Wildman–Crippen LogP) is 12.9. The molecule has 5 atom stereocenters. The fourth-order valence-corrected chi connectivity index (χ4v) is 12.1. The van der Waals surface area contributed by atoms with E-state index in [4.69, 9.17) is 0 Å². The van der Waals surface area contributed by atoms with Gasteiger partial charge in [0, 0.05) is 38.3 Å². The highest BCUT2D eigenvalue weighted by atomic mass is 15.0. The summed E-state index contributed by atoms with van der Waals surface area (Å²) < 4.78 is 5.04. The zero-order valence-electron chi connectivity index (χ0n) is 29.2. The molecule has 7 aromatic carbocycles. The maximum Gasteiger partial charge on any atom is 0.0548 e. The first kappa shape index (κ1) is 28.4. The van der Waals surface area contributed by atoms with Crippen molar-refractivity contribution in [3.8, 4) is 11.4 Å². The van der Waals surface area contributed by atoms with E-state index in [-0.39, 0.29) is 5.41 Å². The molecule has 12 rings (SSSR count). The summed E-state index contributed by atoms with van der Waals surface area (Å²) >= 11 is 0. The molecule has 2 saturated carbocycles. The van der Waals surface area contributed by atoms with Crippen molar-refractivity contribution in [1.29, 1.82) is 0 Å². The molecule has 9 aromatic rings. The Morgan fingerprint density at radius 3 is 1.86 bits per heavy atom. The number of benzene rings is 7. The van der Waals surface area contributed by atoms with Crippen LogP contribution in [-0.2, 0) is 5.41 Å². The highest BCUT2D eigenvalue weighted by Crippen LogP contribution is 2.64. The van der Waals surface area contributed by atoms with Crippen LogP contribution in [0.25, 0.3) is 76.5 Å². The largest absolute Gasteiger partial charge is 0.309 e. The van der Waals surface area contributed by atoms with Gasteiger partial charge >= 0.3 is 0 Å². The van der Waals surface area contributed by atoms with E-state index in [1.54, 1.807) is 11.1 Å². The Bertz CT molecular complexity index is 2920. The van der Waals surface area contributed by atoms with Gasteiger partial charge in [0.05, 0.1) is 22.1 Å². The number of nitrogens with zero attached hydrogens (tertiary/aromatic N) is 2. The number of para-hydroxylation sites is 3. The third kappa shape index (κ3) is 3.53. The monoisotopic (exact) mass is 656 g/mol. The van der Waals surface area contributed by atoms with Crippen LogP contribution in [0.3, 0.4) is 0 Å². The molecule has 2 bridgehead atoms. The predicted molar refractivity (Wildman–Crippen MR) is 215 cm³/mol. The lowest BCUT2D eigenvalue weighted by Crippen LogP contribution is -2.49. The van der Waals surface area contributed by atoms with Crippen molar-refractivity contribution < 1.29 is 0 Å². The van der Waals surface area contributed by atoms with Crippen molar-refractivity contribution in [1.82, 2.24) is 9.13 Å². The molecule has 0 radical (unpaired) electrons. The van der Waals surface area contributed by atoms with E-state index < -0.39 is 0 Å². The zero-order chi connectivity index (χ0) is 33.6. The fraction of sp³-hybridized carbons (Fsp3) is 0.224. The Balaban J connectivity index is 1.19. The van der Waals surface area contributed by atoms with Crippen LogP contribution in [0.2, 0.25) is 0 Å². The summed E-state index contributed by atoms with van der Waals surface area (Å²) in [6.07, 6.45) is 5.43. The summed E-state index contributed by atoms with van der Waals surface area (Å²) in [6.45, 7) is 5.11. The molecule has 2 fully saturated rings. The molecule has 246 valence electrons. The first-order valence-electron chi connectivity index (χ1n) is 19.1. The minimum Gasteiger partial charge on any atom is -0.309 e. The molecular weight excluding hydrogens is 617 g/mol. The van der Waals surface area contributed by atoms with Crippen molar-refractivity contribution in [2.75, 3.05) is 0 Å². The van der Waals surface area contributed by atoms with Gasteiger partial charge in [-0.1, -0.05) is 98.8 Å². The van der Waals surface area contributed by atoms with Crippen molar-refractivity contribution in [3.05, 3.63) is 145 Å². The van der Waals surface area contributed by atoms with Gasteiger partial charge in [0.15, 0.2) is 0 Å². The van der Waals surface area contributed by atoms with Crippen molar-refractivity contribution in [2.24, 2.45) is 23.7 Å². The van der Waals surface area contributed by atoms with Gasteiger partial charge in [-0.05, 0) is 131 Å². The maximum atomic E-state index is 2.65. The summed E-state index contributed by atoms with van der Waals surface area (Å²) in [7, 11) is 0. The molecule has 0 saturated heterocycles. The lowest BCUT2D eigenvalue weighted by atomic mass is 9.49. The first-order valence-corrected chi connectivity index (χ1v) is 19.1. The summed E-state index contributed by atoms with van der Waals surface area (Å²) in [6, 6.07) is 50.9. The Morgan fingerprint density at radius 2 is 1.12 bits per heavy atom. The van der Waals surface area contributed by atoms with Crippen LogP contribution in [0.15, 0.2) is 133 Å². The Labute approximate surface area is 297 Å². The highest BCUT2D eigenvalue weighted by molar-refractivity contribution is 6.20. The van der Waals surface area contributed by atoms with Crippen LogP contribution >= 0.6 is 0 Å². The van der Waals surface area contributed by atoms with Crippen LogP contribution in [0.4, 0.5) is 0 Å². The molecule has 2 heterocycles. The number of hydrogen-bond donors (Lipinski definition) is 0. The minimum atomic E-state index is 0.0533. The normalized spacial score (nSPS) is 24.0. The van der Waals surface area contributed by atoms with Gasteiger partial charge < -0.3 is 9.13 Å². The van der Waals surface area contributed by atoms with E-state index in [0.717, 1.165) is 11.8 Å². The third-order valence-electron chi connectivity index (χ3n) is 13.7. The molecule has 51 heavy (non-hydrogen) atoms.